The summed E-state index contributed by atoms with van der Waals surface area (Å²) in [5.41, 5.74) is 0.943. The number of hydrogen-bond acceptors (Lipinski definition) is 3. The first kappa shape index (κ1) is 14.1. The molecular weight excluding hydrogens is 221 g/mol. The van der Waals surface area contributed by atoms with Crippen molar-refractivity contribution in [3.05, 3.63) is 35.6 Å². The van der Waals surface area contributed by atoms with Crippen LogP contribution >= 0.6 is 0 Å². The molecule has 0 saturated heterocycles. The van der Waals surface area contributed by atoms with Crippen LogP contribution in [0.2, 0.25) is 0 Å². The molecule has 1 atom stereocenters. The molecule has 17 heavy (non-hydrogen) atoms. The van der Waals surface area contributed by atoms with Crippen molar-refractivity contribution in [2.45, 2.75) is 25.7 Å². The van der Waals surface area contributed by atoms with Gasteiger partial charge in [-0.25, -0.2) is 4.39 Å². The maximum atomic E-state index is 13.1. The molecular formula is C13H20FNO2. The van der Waals surface area contributed by atoms with Crippen molar-refractivity contribution in [1.82, 2.24) is 5.32 Å². The van der Waals surface area contributed by atoms with E-state index >= 15 is 0 Å². The third-order valence-electron chi connectivity index (χ3n) is 2.72. The largest absolute Gasteiger partial charge is 0.355 e. The van der Waals surface area contributed by atoms with E-state index in [9.17, 15) is 4.39 Å². The lowest BCUT2D eigenvalue weighted by Crippen LogP contribution is -2.32. The minimum absolute atomic E-state index is 0.110. The lowest BCUT2D eigenvalue weighted by Gasteiger charge is -2.21. The number of ether oxygens (including phenoxy) is 2. The number of nitrogens with one attached hydrogen (secondary N) is 1. The second-order valence-corrected chi connectivity index (χ2v) is 3.83. The van der Waals surface area contributed by atoms with E-state index < -0.39 is 0 Å². The van der Waals surface area contributed by atoms with Crippen LogP contribution in [0.4, 0.5) is 4.39 Å². The quantitative estimate of drug-likeness (QED) is 0.744. The molecule has 1 aromatic carbocycles. The van der Waals surface area contributed by atoms with Crippen LogP contribution < -0.4 is 5.32 Å². The third kappa shape index (κ3) is 4.42. The standard InChI is InChI=1S/C13H20FNO2/c1-4-12(15-9-13(16-2)17-3)10-6-5-7-11(14)8-10/h5-8,12-13,15H,4,9H2,1-3H3. The van der Waals surface area contributed by atoms with E-state index in [1.807, 2.05) is 6.07 Å². The smallest absolute Gasteiger partial charge is 0.169 e. The highest BCUT2D eigenvalue weighted by Crippen LogP contribution is 2.17. The summed E-state index contributed by atoms with van der Waals surface area (Å²) in [6, 6.07) is 6.75. The van der Waals surface area contributed by atoms with Crippen LogP contribution in [0.25, 0.3) is 0 Å². The maximum Gasteiger partial charge on any atom is 0.169 e. The minimum atomic E-state index is -0.280. The molecule has 0 bridgehead atoms. The van der Waals surface area contributed by atoms with Gasteiger partial charge in [0, 0.05) is 26.8 Å². The molecule has 0 fully saturated rings. The molecule has 0 radical (unpaired) electrons. The zero-order chi connectivity index (χ0) is 12.7. The fraction of sp³-hybridized carbons (Fsp3) is 0.538. The van der Waals surface area contributed by atoms with Crippen molar-refractivity contribution in [3.8, 4) is 0 Å². The van der Waals surface area contributed by atoms with Crippen molar-refractivity contribution in [1.29, 1.82) is 0 Å². The molecule has 1 rings (SSSR count). The van der Waals surface area contributed by atoms with E-state index in [0.29, 0.717) is 6.54 Å². The molecule has 96 valence electrons. The summed E-state index contributed by atoms with van der Waals surface area (Å²) >= 11 is 0. The zero-order valence-corrected chi connectivity index (χ0v) is 10.6. The lowest BCUT2D eigenvalue weighted by molar-refractivity contribution is -0.0999. The minimum Gasteiger partial charge on any atom is -0.355 e. The molecule has 0 aliphatic heterocycles. The molecule has 1 N–H and O–H groups in total. The zero-order valence-electron chi connectivity index (χ0n) is 10.6. The van der Waals surface area contributed by atoms with Gasteiger partial charge >= 0.3 is 0 Å². The van der Waals surface area contributed by atoms with Gasteiger partial charge in [-0.2, -0.15) is 0 Å². The summed E-state index contributed by atoms with van der Waals surface area (Å²) < 4.78 is 23.3. The fourth-order valence-electron chi connectivity index (χ4n) is 1.72. The van der Waals surface area contributed by atoms with Gasteiger partial charge in [-0.3, -0.25) is 0 Å². The predicted octanol–water partition coefficient (Wildman–Crippen LogP) is 2.49. The molecule has 0 heterocycles. The fourth-order valence-corrected chi connectivity index (χ4v) is 1.72. The Labute approximate surface area is 102 Å². The van der Waals surface area contributed by atoms with Gasteiger partial charge in [0.05, 0.1) is 0 Å². The maximum absolute atomic E-state index is 13.1. The van der Waals surface area contributed by atoms with Gasteiger partial charge in [0.15, 0.2) is 6.29 Å². The Balaban J connectivity index is 2.59. The van der Waals surface area contributed by atoms with E-state index in [0.717, 1.165) is 12.0 Å². The first-order chi connectivity index (χ1) is 8.21. The van der Waals surface area contributed by atoms with Crippen LogP contribution in [0, 0.1) is 5.82 Å². The normalized spacial score (nSPS) is 13.0. The number of methoxy groups -OCH3 is 2. The molecule has 1 unspecified atom stereocenters. The van der Waals surface area contributed by atoms with Gasteiger partial charge < -0.3 is 14.8 Å². The molecule has 0 saturated carbocycles. The number of benzene rings is 1. The number of hydrogen-bond donors (Lipinski definition) is 1. The van der Waals surface area contributed by atoms with E-state index in [1.54, 1.807) is 26.4 Å². The summed E-state index contributed by atoms with van der Waals surface area (Å²) in [5.74, 6) is -0.210. The van der Waals surface area contributed by atoms with Crippen molar-refractivity contribution >= 4 is 0 Å². The van der Waals surface area contributed by atoms with E-state index in [2.05, 4.69) is 12.2 Å². The van der Waals surface area contributed by atoms with E-state index in [-0.39, 0.29) is 18.1 Å². The first-order valence-corrected chi connectivity index (χ1v) is 5.75. The van der Waals surface area contributed by atoms with Crippen molar-refractivity contribution in [2.24, 2.45) is 0 Å². The molecule has 4 heteroatoms. The average molecular weight is 241 g/mol. The topological polar surface area (TPSA) is 30.5 Å². The summed E-state index contributed by atoms with van der Waals surface area (Å²) in [6.07, 6.45) is 0.599. The van der Waals surface area contributed by atoms with E-state index in [1.165, 1.54) is 6.07 Å². The van der Waals surface area contributed by atoms with Crippen LogP contribution in [0.3, 0.4) is 0 Å². The number of rotatable bonds is 7. The van der Waals surface area contributed by atoms with Gasteiger partial charge in [0.1, 0.15) is 5.82 Å². The van der Waals surface area contributed by atoms with Gasteiger partial charge in [-0.1, -0.05) is 19.1 Å². The Hall–Kier alpha value is -0.970. The van der Waals surface area contributed by atoms with Gasteiger partial charge in [0.25, 0.3) is 0 Å². The molecule has 0 aliphatic carbocycles. The highest BCUT2D eigenvalue weighted by Gasteiger charge is 2.12. The Morgan fingerprint density at radius 2 is 2.00 bits per heavy atom. The second-order valence-electron chi connectivity index (χ2n) is 3.83. The lowest BCUT2D eigenvalue weighted by atomic mass is 10.0. The Kier molecular flexibility index (Phi) is 6.11. The van der Waals surface area contributed by atoms with Gasteiger partial charge in [-0.15, -0.1) is 0 Å². The first-order valence-electron chi connectivity index (χ1n) is 5.75. The van der Waals surface area contributed by atoms with Gasteiger partial charge in [-0.05, 0) is 24.1 Å². The Morgan fingerprint density at radius 1 is 1.29 bits per heavy atom. The van der Waals surface area contributed by atoms with E-state index in [4.69, 9.17) is 9.47 Å². The van der Waals surface area contributed by atoms with Crippen LogP contribution in [-0.2, 0) is 9.47 Å². The highest BCUT2D eigenvalue weighted by atomic mass is 19.1. The van der Waals surface area contributed by atoms with Crippen LogP contribution in [0.5, 0.6) is 0 Å². The van der Waals surface area contributed by atoms with Crippen LogP contribution in [-0.4, -0.2) is 27.1 Å². The molecule has 0 spiro atoms. The SMILES string of the molecule is CCC(NCC(OC)OC)c1cccc(F)c1. The summed E-state index contributed by atoms with van der Waals surface area (Å²) in [5, 5.41) is 3.30. The molecule has 3 nitrogen and oxygen atoms in total. The second kappa shape index (κ2) is 7.37. The number of halogens is 1. The van der Waals surface area contributed by atoms with Crippen molar-refractivity contribution in [2.75, 3.05) is 20.8 Å². The predicted molar refractivity (Wildman–Crippen MR) is 65.2 cm³/mol. The Morgan fingerprint density at radius 3 is 2.53 bits per heavy atom. The summed E-state index contributed by atoms with van der Waals surface area (Å²) in [4.78, 5) is 0. The third-order valence-corrected chi connectivity index (χ3v) is 2.72. The highest BCUT2D eigenvalue weighted by molar-refractivity contribution is 5.20. The molecule has 0 amide bonds. The van der Waals surface area contributed by atoms with Crippen molar-refractivity contribution in [3.63, 3.8) is 0 Å². The Bertz CT molecular complexity index is 329. The summed E-state index contributed by atoms with van der Waals surface area (Å²) in [6.45, 7) is 2.62. The summed E-state index contributed by atoms with van der Waals surface area (Å²) in [7, 11) is 3.19. The average Bonchev–Trinajstić information content (AvgIpc) is 2.35. The van der Waals surface area contributed by atoms with Crippen molar-refractivity contribution < 1.29 is 13.9 Å². The molecule has 0 aromatic heterocycles. The monoisotopic (exact) mass is 241 g/mol. The van der Waals surface area contributed by atoms with Crippen LogP contribution in [0.1, 0.15) is 24.9 Å². The molecule has 1 aromatic rings. The van der Waals surface area contributed by atoms with Gasteiger partial charge in [0.2, 0.25) is 0 Å². The van der Waals surface area contributed by atoms with Crippen LogP contribution in [0.15, 0.2) is 24.3 Å². The molecule has 0 aliphatic rings.